The molecular formula is C102H113N7O8. The minimum Gasteiger partial charge on any atom is -0.506 e. The number of aliphatic imine (C=N–C) groups is 4. The Balaban J connectivity index is 1.12. The van der Waals surface area contributed by atoms with Crippen molar-refractivity contribution in [1.29, 1.82) is 0 Å². The molecule has 3 aliphatic rings. The van der Waals surface area contributed by atoms with E-state index in [4.69, 9.17) is 58.4 Å². The lowest BCUT2D eigenvalue weighted by Gasteiger charge is -2.24. The number of rotatable bonds is 24. The number of amidine groups is 4. The second-order valence-electron chi connectivity index (χ2n) is 35.2. The maximum atomic E-state index is 12.3. The number of nitrogens with zero attached hydrogens (tertiary/aromatic N) is 6. The fourth-order valence-electron chi connectivity index (χ4n) is 15.9. The lowest BCUT2D eigenvalue weighted by atomic mass is 9.93. The second-order valence-corrected chi connectivity index (χ2v) is 35.2. The lowest BCUT2D eigenvalue weighted by Crippen LogP contribution is -2.15. The molecule has 0 atom stereocenters. The summed E-state index contributed by atoms with van der Waals surface area (Å²) in [6, 6.07) is 52.7. The van der Waals surface area contributed by atoms with E-state index in [0.717, 1.165) is 101 Å². The van der Waals surface area contributed by atoms with Gasteiger partial charge in [0.05, 0.1) is 0 Å². The Hall–Kier alpha value is -11.6. The Bertz CT molecular complexity index is 5470. The van der Waals surface area contributed by atoms with Gasteiger partial charge in [0.25, 0.3) is 0 Å². The highest BCUT2D eigenvalue weighted by atomic mass is 16.5. The number of benzene rings is 10. The SMILES string of the molecule is CC(C)c1cccc(C(C)C)c1Oc1cc2c(cc1Oc1c(C(C)C)cccc1C(C)C)C1=Nc3cc(c(O)cc3O)N=C3N=C(N=c4[nH]c(c5cc(Oc6c(C(C)C)cccc6C(C)C)c(Oc6c(C(C)C)cccc6C(C)C)cc45)=NC2=N1)c1cc(Oc2c(C(C)C)cccc2C(C)C)c(Oc2c(C(C)C)cccc2C(C)C)cc13. The molecule has 0 unspecified atom stereocenters. The van der Waals surface area contributed by atoms with Crippen molar-refractivity contribution in [2.45, 2.75) is 237 Å². The van der Waals surface area contributed by atoms with Gasteiger partial charge in [-0.15, -0.1) is 0 Å². The third-order valence-corrected chi connectivity index (χ3v) is 22.5. The number of phenols is 2. The maximum Gasteiger partial charge on any atom is 0.170 e. The third-order valence-electron chi connectivity index (χ3n) is 22.5. The Morgan fingerprint density at radius 2 is 0.402 bits per heavy atom. The molecule has 14 rings (SSSR count). The number of nitrogens with one attached hydrogen (secondary N) is 1. The summed E-state index contributed by atoms with van der Waals surface area (Å²) < 4.78 is 45.2. The Morgan fingerprint density at radius 3 is 0.590 bits per heavy atom. The van der Waals surface area contributed by atoms with Crippen LogP contribution in [0.2, 0.25) is 0 Å². The maximum absolute atomic E-state index is 12.3. The molecular weight excluding hydrogens is 1450 g/mol. The zero-order chi connectivity index (χ0) is 83.6. The predicted octanol–water partition coefficient (Wildman–Crippen LogP) is 28.4. The first kappa shape index (κ1) is 82.0. The quantitative estimate of drug-likeness (QED) is 0.0533. The molecule has 10 aromatic carbocycles. The number of aromatic amines is 1. The standard InChI is InChI=1S/C102H113N7O8/c1-51(2)63-31-25-32-64(52(3)4)91(63)112-85-43-75-77(45-87(85)114-93-67(55(9)10)35-27-36-68(93)56(11)12)99-105-97(75)103-81-49-82(84(111)50-83(81)110)104-98-76-44-86(113-92-65(53(5)6)33-26-34-66(92)54(7)8)88(115-94-69(57(13)14)37-28-38-70(94)58(15)16)46-78(76)100(106-98)108-102-80-48-90(117-96-73(61(21)22)41-30-42-74(96)62(23)24)89(47-79(80)101(107-99)109-102)116-95-71(59(17)18)39-29-40-72(95)60(19)20/h25-62,110-111H,1-24H3,(H,103,104,105,106,107,108,109). The summed E-state index contributed by atoms with van der Waals surface area (Å²) in [5.74, 6) is 8.02. The highest BCUT2D eigenvalue weighted by Gasteiger charge is 2.34. The fraction of sp³-hybridized carbons (Fsp3) is 0.353. The average molecular weight is 1570 g/mol. The van der Waals surface area contributed by atoms with Crippen molar-refractivity contribution >= 4 is 45.5 Å². The number of fused-ring (bicyclic) bond motifs is 15. The number of para-hydroxylation sites is 6. The van der Waals surface area contributed by atoms with Crippen molar-refractivity contribution in [2.24, 2.45) is 30.0 Å². The van der Waals surface area contributed by atoms with Gasteiger partial charge >= 0.3 is 0 Å². The van der Waals surface area contributed by atoms with E-state index in [1.54, 1.807) is 6.07 Å². The summed E-state index contributed by atoms with van der Waals surface area (Å²) in [4.78, 5) is 36.8. The molecule has 604 valence electrons. The molecule has 4 heterocycles. The van der Waals surface area contributed by atoms with Gasteiger partial charge in [0.2, 0.25) is 0 Å². The smallest absolute Gasteiger partial charge is 0.170 e. The van der Waals surface area contributed by atoms with Crippen LogP contribution >= 0.6 is 0 Å². The van der Waals surface area contributed by atoms with Crippen LogP contribution in [0.4, 0.5) is 11.4 Å². The van der Waals surface area contributed by atoms with Crippen LogP contribution in [-0.2, 0) is 0 Å². The molecule has 0 radical (unpaired) electrons. The molecule has 117 heavy (non-hydrogen) atoms. The first-order valence-corrected chi connectivity index (χ1v) is 42.0. The number of aromatic hydroxyl groups is 2. The number of aromatic nitrogens is 1. The molecule has 0 saturated carbocycles. The summed E-state index contributed by atoms with van der Waals surface area (Å²) in [5, 5.41) is 25.8. The van der Waals surface area contributed by atoms with Gasteiger partial charge < -0.3 is 43.6 Å². The minimum absolute atomic E-state index is 0.0490. The summed E-state index contributed by atoms with van der Waals surface area (Å²) in [6.07, 6.45) is 0. The normalized spacial score (nSPS) is 13.3. The first-order valence-electron chi connectivity index (χ1n) is 42.0. The van der Waals surface area contributed by atoms with Crippen molar-refractivity contribution in [2.75, 3.05) is 0 Å². The van der Waals surface area contributed by atoms with Gasteiger partial charge in [-0.05, 0) is 180 Å². The molecule has 3 aliphatic heterocycles. The van der Waals surface area contributed by atoms with Crippen molar-refractivity contribution in [1.82, 2.24) is 4.98 Å². The molecule has 11 aromatic rings. The van der Waals surface area contributed by atoms with Crippen LogP contribution in [-0.4, -0.2) is 38.5 Å². The highest BCUT2D eigenvalue weighted by molar-refractivity contribution is 6.25. The molecule has 3 N–H and O–H groups in total. The van der Waals surface area contributed by atoms with E-state index in [0.29, 0.717) is 78.5 Å². The summed E-state index contributed by atoms with van der Waals surface area (Å²) in [6.45, 7) is 52.3. The van der Waals surface area contributed by atoms with Crippen molar-refractivity contribution in [3.8, 4) is 80.5 Å². The Kier molecular flexibility index (Phi) is 23.3. The monoisotopic (exact) mass is 1560 g/mol. The molecule has 0 amide bonds. The first-order chi connectivity index (χ1) is 55.7. The van der Waals surface area contributed by atoms with Crippen LogP contribution in [0.5, 0.6) is 80.5 Å². The van der Waals surface area contributed by atoms with Crippen molar-refractivity contribution in [3.05, 3.63) is 258 Å². The third kappa shape index (κ3) is 16.2. The van der Waals surface area contributed by atoms with Crippen LogP contribution in [0.3, 0.4) is 0 Å². The van der Waals surface area contributed by atoms with Gasteiger partial charge in [0.15, 0.2) is 57.8 Å². The van der Waals surface area contributed by atoms with E-state index in [-0.39, 0.29) is 117 Å². The summed E-state index contributed by atoms with van der Waals surface area (Å²) in [7, 11) is 0. The van der Waals surface area contributed by atoms with Crippen LogP contribution < -0.4 is 39.4 Å². The molecule has 8 bridgehead atoms. The zero-order valence-corrected chi connectivity index (χ0v) is 72.5. The number of phenolic OH excluding ortho intramolecular Hbond substituents is 2. The van der Waals surface area contributed by atoms with Gasteiger partial charge in [-0.1, -0.05) is 275 Å². The van der Waals surface area contributed by atoms with E-state index in [1.807, 2.05) is 36.4 Å². The van der Waals surface area contributed by atoms with E-state index >= 15 is 0 Å². The number of hydrogen-bond donors (Lipinski definition) is 3. The molecule has 0 saturated heterocycles. The Labute approximate surface area is 690 Å². The largest absolute Gasteiger partial charge is 0.506 e. The van der Waals surface area contributed by atoms with Gasteiger partial charge in [-0.25, -0.2) is 30.0 Å². The number of hydrogen-bond acceptors (Lipinski definition) is 14. The topological polar surface area (TPSA) is 186 Å². The fourth-order valence-corrected chi connectivity index (χ4v) is 15.9. The number of H-pyrrole nitrogens is 1. The number of ether oxygens (including phenoxy) is 6. The highest BCUT2D eigenvalue weighted by Crippen LogP contribution is 2.52. The average Bonchev–Trinajstić information content (AvgIpc) is 1.59. The summed E-state index contributed by atoms with van der Waals surface area (Å²) >= 11 is 0. The van der Waals surface area contributed by atoms with Gasteiger partial charge in [0.1, 0.15) is 68.3 Å². The molecule has 0 spiro atoms. The van der Waals surface area contributed by atoms with Crippen LogP contribution in [0.25, 0.3) is 10.8 Å². The van der Waals surface area contributed by atoms with Crippen LogP contribution in [0.1, 0.15) is 326 Å². The summed E-state index contributed by atoms with van der Waals surface area (Å²) in [5.41, 5.74) is 15.3. The lowest BCUT2D eigenvalue weighted by molar-refractivity contribution is 0.404. The van der Waals surface area contributed by atoms with E-state index in [1.165, 1.54) is 6.07 Å². The zero-order valence-electron chi connectivity index (χ0n) is 72.5. The molecule has 15 heteroatoms. The van der Waals surface area contributed by atoms with Gasteiger partial charge in [0, 0.05) is 39.1 Å². The van der Waals surface area contributed by atoms with Gasteiger partial charge in [-0.3, -0.25) is 0 Å². The Morgan fingerprint density at radius 1 is 0.222 bits per heavy atom. The van der Waals surface area contributed by atoms with E-state index < -0.39 is 0 Å². The van der Waals surface area contributed by atoms with Crippen LogP contribution in [0, 0.1) is 0 Å². The van der Waals surface area contributed by atoms with E-state index in [9.17, 15) is 10.2 Å². The molecule has 1 aromatic heterocycles. The van der Waals surface area contributed by atoms with Crippen molar-refractivity contribution in [3.63, 3.8) is 0 Å². The molecule has 15 nitrogen and oxygen atoms in total. The predicted molar refractivity (Wildman–Crippen MR) is 477 cm³/mol. The van der Waals surface area contributed by atoms with Crippen LogP contribution in [0.15, 0.2) is 188 Å². The second kappa shape index (κ2) is 33.2. The van der Waals surface area contributed by atoms with Crippen molar-refractivity contribution < 1.29 is 38.6 Å². The van der Waals surface area contributed by atoms with E-state index in [2.05, 4.69) is 280 Å². The van der Waals surface area contributed by atoms with Gasteiger partial charge in [-0.2, -0.15) is 0 Å². The molecule has 0 aliphatic carbocycles. The minimum atomic E-state index is -0.333. The molecule has 0 fully saturated rings.